The third-order valence-corrected chi connectivity index (χ3v) is 7.24. The molecule has 9 heteroatoms. The lowest BCUT2D eigenvalue weighted by atomic mass is 10.1. The topological polar surface area (TPSA) is 78.7 Å². The van der Waals surface area contributed by atoms with Gasteiger partial charge in [-0.2, -0.15) is 0 Å². The summed E-state index contributed by atoms with van der Waals surface area (Å²) in [5.41, 5.74) is 1.83. The van der Waals surface area contributed by atoms with E-state index in [2.05, 4.69) is 9.88 Å². The van der Waals surface area contributed by atoms with E-state index in [1.54, 1.807) is 12.3 Å². The third-order valence-electron chi connectivity index (χ3n) is 6.93. The van der Waals surface area contributed by atoms with Gasteiger partial charge in [0.15, 0.2) is 0 Å². The van der Waals surface area contributed by atoms with Crippen LogP contribution in [-0.4, -0.2) is 46.8 Å². The van der Waals surface area contributed by atoms with Crippen LogP contribution in [0.4, 0.5) is 15.8 Å². The average Bonchev–Trinajstić information content (AvgIpc) is 3.70. The predicted molar refractivity (Wildman–Crippen MR) is 135 cm³/mol. The summed E-state index contributed by atoms with van der Waals surface area (Å²) < 4.78 is 17.1. The minimum absolute atomic E-state index is 0.108. The molecule has 2 aliphatic rings. The number of aromatic nitrogens is 2. The first-order valence-electron chi connectivity index (χ1n) is 11.6. The molecule has 1 N–H and O–H groups in total. The first kappa shape index (κ1) is 21.9. The predicted octanol–water partition coefficient (Wildman–Crippen LogP) is 4.70. The van der Waals surface area contributed by atoms with Gasteiger partial charge in [0.05, 0.1) is 21.7 Å². The highest BCUT2D eigenvalue weighted by atomic mass is 35.5. The number of anilines is 2. The van der Waals surface area contributed by atoms with Crippen LogP contribution < -0.4 is 15.2 Å². The summed E-state index contributed by atoms with van der Waals surface area (Å²) in [6.07, 6.45) is 4.98. The number of pyridine rings is 2. The van der Waals surface area contributed by atoms with Crippen LogP contribution in [0, 0.1) is 5.82 Å². The van der Waals surface area contributed by atoms with Crippen LogP contribution >= 0.6 is 11.6 Å². The van der Waals surface area contributed by atoms with Crippen molar-refractivity contribution in [3.8, 4) is 0 Å². The smallest absolute Gasteiger partial charge is 0.341 e. The molecule has 1 aliphatic carbocycles. The monoisotopic (exact) mass is 492 g/mol. The summed E-state index contributed by atoms with van der Waals surface area (Å²) in [5, 5.41) is 11.1. The van der Waals surface area contributed by atoms with Crippen molar-refractivity contribution in [3.63, 3.8) is 0 Å². The van der Waals surface area contributed by atoms with Gasteiger partial charge in [0, 0.05) is 61.1 Å². The number of benzene rings is 2. The van der Waals surface area contributed by atoms with Gasteiger partial charge in [0.25, 0.3) is 0 Å². The Bertz CT molecular complexity index is 1560. The minimum Gasteiger partial charge on any atom is -0.477 e. The highest BCUT2D eigenvalue weighted by molar-refractivity contribution is 6.35. The number of carboxylic acid groups (broad SMARTS) is 1. The molecule has 2 fully saturated rings. The third kappa shape index (κ3) is 3.69. The molecule has 4 aromatic rings. The fraction of sp³-hybridized carbons (Fsp3) is 0.269. The van der Waals surface area contributed by atoms with Gasteiger partial charge in [0.1, 0.15) is 11.4 Å². The van der Waals surface area contributed by atoms with E-state index in [0.717, 1.165) is 29.4 Å². The lowest BCUT2D eigenvalue weighted by Gasteiger charge is -2.38. The Balaban J connectivity index is 1.34. The van der Waals surface area contributed by atoms with E-state index in [-0.39, 0.29) is 17.0 Å². The van der Waals surface area contributed by atoms with E-state index in [0.29, 0.717) is 42.4 Å². The Morgan fingerprint density at radius 1 is 1.03 bits per heavy atom. The van der Waals surface area contributed by atoms with E-state index in [4.69, 9.17) is 11.6 Å². The Kier molecular flexibility index (Phi) is 5.14. The number of para-hydroxylation sites is 1. The Morgan fingerprint density at radius 2 is 1.74 bits per heavy atom. The van der Waals surface area contributed by atoms with Crippen molar-refractivity contribution < 1.29 is 14.3 Å². The first-order valence-corrected chi connectivity index (χ1v) is 11.9. The summed E-state index contributed by atoms with van der Waals surface area (Å²) >= 11 is 6.33. The van der Waals surface area contributed by atoms with Crippen LogP contribution in [0.2, 0.25) is 5.02 Å². The van der Waals surface area contributed by atoms with Crippen LogP contribution in [0.3, 0.4) is 0 Å². The van der Waals surface area contributed by atoms with Crippen LogP contribution in [0.1, 0.15) is 29.2 Å². The highest BCUT2D eigenvalue weighted by Crippen LogP contribution is 2.38. The van der Waals surface area contributed by atoms with Crippen molar-refractivity contribution in [1.82, 2.24) is 9.55 Å². The number of hydrogen-bond acceptors (Lipinski definition) is 5. The number of hydrogen-bond donors (Lipinski definition) is 1. The van der Waals surface area contributed by atoms with Crippen LogP contribution in [0.15, 0.2) is 53.6 Å². The normalized spacial score (nSPS) is 16.3. The Labute approximate surface area is 205 Å². The molecule has 0 atom stereocenters. The van der Waals surface area contributed by atoms with Crippen LogP contribution in [0.5, 0.6) is 0 Å². The molecule has 2 aromatic heterocycles. The molecule has 2 aromatic carbocycles. The first-order chi connectivity index (χ1) is 16.9. The van der Waals surface area contributed by atoms with Crippen molar-refractivity contribution in [2.45, 2.75) is 18.9 Å². The fourth-order valence-corrected chi connectivity index (χ4v) is 5.22. The van der Waals surface area contributed by atoms with Gasteiger partial charge < -0.3 is 19.5 Å². The summed E-state index contributed by atoms with van der Waals surface area (Å²) in [7, 11) is 0. The largest absolute Gasteiger partial charge is 0.477 e. The average molecular weight is 493 g/mol. The maximum Gasteiger partial charge on any atom is 0.341 e. The maximum atomic E-state index is 15.3. The van der Waals surface area contributed by atoms with Gasteiger partial charge in [-0.15, -0.1) is 0 Å². The van der Waals surface area contributed by atoms with E-state index in [1.807, 2.05) is 33.7 Å². The fourth-order valence-electron chi connectivity index (χ4n) is 5.00. The number of aromatic carboxylic acids is 1. The summed E-state index contributed by atoms with van der Waals surface area (Å²) in [6, 6.07) is 10.7. The molecule has 7 nitrogen and oxygen atoms in total. The number of fused-ring (bicyclic) bond motifs is 2. The van der Waals surface area contributed by atoms with E-state index in [9.17, 15) is 14.7 Å². The van der Waals surface area contributed by atoms with Crippen molar-refractivity contribution >= 4 is 50.8 Å². The van der Waals surface area contributed by atoms with Crippen molar-refractivity contribution in [1.29, 1.82) is 0 Å². The van der Waals surface area contributed by atoms with Gasteiger partial charge in [-0.25, -0.2) is 9.18 Å². The number of carbonyl (C=O) groups is 1. The standard InChI is InChI=1S/C26H22ClFN4O3/c27-19-3-1-2-16-21(6-7-29-24(16)19)30-8-10-31(11-9-30)23-13-22-17(12-20(23)28)25(33)18(26(34)35)14-32(22)15-4-5-15/h1-3,6-7,12-15H,4-5,8-11H2,(H,34,35). The molecule has 0 spiro atoms. The molecule has 6 rings (SSSR count). The Morgan fingerprint density at radius 3 is 2.43 bits per heavy atom. The molecule has 0 unspecified atom stereocenters. The van der Waals surface area contributed by atoms with Gasteiger partial charge in [0.2, 0.25) is 5.43 Å². The summed E-state index contributed by atoms with van der Waals surface area (Å²) in [6.45, 7) is 2.54. The lowest BCUT2D eigenvalue weighted by Crippen LogP contribution is -2.47. The zero-order valence-corrected chi connectivity index (χ0v) is 19.5. The molecule has 1 aliphatic heterocycles. The number of piperazine rings is 1. The molecule has 35 heavy (non-hydrogen) atoms. The minimum atomic E-state index is -1.29. The van der Waals surface area contributed by atoms with Crippen LogP contribution in [0.25, 0.3) is 21.8 Å². The molecule has 178 valence electrons. The second-order valence-corrected chi connectivity index (χ2v) is 9.48. The molecule has 3 heterocycles. The molecule has 0 bridgehead atoms. The Hall–Kier alpha value is -3.65. The lowest BCUT2D eigenvalue weighted by molar-refractivity contribution is 0.0695. The molecule has 1 saturated carbocycles. The quantitative estimate of drug-likeness (QED) is 0.445. The second kappa shape index (κ2) is 8.23. The second-order valence-electron chi connectivity index (χ2n) is 9.08. The molecular weight excluding hydrogens is 471 g/mol. The molecule has 0 radical (unpaired) electrons. The highest BCUT2D eigenvalue weighted by Gasteiger charge is 2.28. The van der Waals surface area contributed by atoms with Gasteiger partial charge in [-0.05, 0) is 37.1 Å². The molecular formula is C26H22ClFN4O3. The van der Waals surface area contributed by atoms with Crippen molar-refractivity contribution in [2.24, 2.45) is 0 Å². The van der Waals surface area contributed by atoms with Crippen molar-refractivity contribution in [2.75, 3.05) is 36.0 Å². The van der Waals surface area contributed by atoms with E-state index in [1.165, 1.54) is 12.3 Å². The van der Waals surface area contributed by atoms with Gasteiger partial charge in [-0.3, -0.25) is 9.78 Å². The SMILES string of the molecule is O=C(O)c1cn(C2CC2)c2cc(N3CCN(c4ccnc5c(Cl)cccc45)CC3)c(F)cc2c1=O. The number of rotatable bonds is 4. The zero-order valence-electron chi connectivity index (χ0n) is 18.7. The summed E-state index contributed by atoms with van der Waals surface area (Å²) in [4.78, 5) is 33.0. The molecule has 1 saturated heterocycles. The maximum absolute atomic E-state index is 15.3. The molecule has 0 amide bonds. The van der Waals surface area contributed by atoms with Crippen LogP contribution in [-0.2, 0) is 0 Å². The van der Waals surface area contributed by atoms with E-state index >= 15 is 4.39 Å². The zero-order chi connectivity index (χ0) is 24.3. The van der Waals surface area contributed by atoms with E-state index < -0.39 is 17.2 Å². The van der Waals surface area contributed by atoms with Gasteiger partial charge >= 0.3 is 5.97 Å². The number of nitrogens with zero attached hydrogens (tertiary/aromatic N) is 4. The number of carboxylic acids is 1. The van der Waals surface area contributed by atoms with Gasteiger partial charge in [-0.1, -0.05) is 23.7 Å². The number of halogens is 2. The summed E-state index contributed by atoms with van der Waals surface area (Å²) in [5.74, 6) is -1.81. The van der Waals surface area contributed by atoms with Crippen molar-refractivity contribution in [3.05, 3.63) is 75.4 Å².